The van der Waals surface area contributed by atoms with Crippen LogP contribution < -0.4 is 18.9 Å². The Bertz CT molecular complexity index is 907. The first-order chi connectivity index (χ1) is 16.6. The van der Waals surface area contributed by atoms with E-state index in [4.69, 9.17) is 18.9 Å². The van der Waals surface area contributed by atoms with Gasteiger partial charge in [-0.25, -0.2) is 0 Å². The highest BCUT2D eigenvalue weighted by Gasteiger charge is 2.25. The van der Waals surface area contributed by atoms with Crippen molar-refractivity contribution in [3.63, 3.8) is 0 Å². The molecule has 5 nitrogen and oxygen atoms in total. The largest absolute Gasteiger partial charge is 0.497 e. The molecule has 0 radical (unpaired) electrons. The molecule has 1 heterocycles. The third-order valence-electron chi connectivity index (χ3n) is 6.49. The molecule has 0 bridgehead atoms. The number of hydrogen-bond donors (Lipinski definition) is 0. The molecular weight excluding hydrogens is 428 g/mol. The number of ether oxygens (including phenoxy) is 4. The highest BCUT2D eigenvalue weighted by atomic mass is 16.5. The molecule has 0 fully saturated rings. The summed E-state index contributed by atoms with van der Waals surface area (Å²) in [5.41, 5.74) is 2.11. The maximum absolute atomic E-state index is 12.3. The fraction of sp³-hybridized carbons (Fsp3) is 0.552. The van der Waals surface area contributed by atoms with Gasteiger partial charge in [0.05, 0.1) is 14.2 Å². The van der Waals surface area contributed by atoms with E-state index in [1.807, 2.05) is 36.4 Å². The first-order valence-electron chi connectivity index (χ1n) is 12.9. The Balaban J connectivity index is 1.47. The average molecular weight is 469 g/mol. The molecule has 2 aromatic rings. The molecule has 3 rings (SSSR count). The van der Waals surface area contributed by atoms with Crippen molar-refractivity contribution in [1.29, 1.82) is 0 Å². The van der Waals surface area contributed by atoms with Gasteiger partial charge in [0.1, 0.15) is 29.1 Å². The highest BCUT2D eigenvalue weighted by Crippen LogP contribution is 2.40. The number of aryl methyl sites for hydroxylation is 1. The predicted molar refractivity (Wildman–Crippen MR) is 135 cm³/mol. The van der Waals surface area contributed by atoms with Gasteiger partial charge in [-0.3, -0.25) is 4.79 Å². The lowest BCUT2D eigenvalue weighted by Gasteiger charge is -2.28. The molecule has 0 aliphatic carbocycles. The fourth-order valence-electron chi connectivity index (χ4n) is 4.48. The Labute approximate surface area is 204 Å². The van der Waals surface area contributed by atoms with Gasteiger partial charge in [-0.05, 0) is 43.0 Å². The highest BCUT2D eigenvalue weighted by molar-refractivity contribution is 5.72. The van der Waals surface area contributed by atoms with Gasteiger partial charge in [0.15, 0.2) is 0 Å². The number of benzene rings is 2. The van der Waals surface area contributed by atoms with E-state index >= 15 is 0 Å². The van der Waals surface area contributed by atoms with Crippen LogP contribution in [0.15, 0.2) is 36.4 Å². The van der Waals surface area contributed by atoms with Crippen molar-refractivity contribution in [2.75, 3.05) is 14.2 Å². The van der Waals surface area contributed by atoms with Crippen LogP contribution in [0.1, 0.15) is 94.8 Å². The molecule has 34 heavy (non-hydrogen) atoms. The fourth-order valence-corrected chi connectivity index (χ4v) is 4.48. The van der Waals surface area contributed by atoms with Crippen molar-refractivity contribution >= 4 is 5.97 Å². The number of unbranched alkanes of at least 4 members (excludes halogenated alkanes) is 8. The van der Waals surface area contributed by atoms with Crippen LogP contribution in [-0.4, -0.2) is 20.2 Å². The summed E-state index contributed by atoms with van der Waals surface area (Å²) >= 11 is 0. The summed E-state index contributed by atoms with van der Waals surface area (Å²) in [6.45, 7) is 2.24. The van der Waals surface area contributed by atoms with Gasteiger partial charge in [-0.2, -0.15) is 0 Å². The monoisotopic (exact) mass is 468 g/mol. The Kier molecular flexibility index (Phi) is 10.6. The molecule has 1 unspecified atom stereocenters. The number of carbonyl (C=O) groups excluding carboxylic acids is 1. The molecule has 1 atom stereocenters. The third kappa shape index (κ3) is 7.68. The van der Waals surface area contributed by atoms with Crippen LogP contribution >= 0.6 is 0 Å². The molecule has 186 valence electrons. The number of fused-ring (bicyclic) bond motifs is 1. The summed E-state index contributed by atoms with van der Waals surface area (Å²) in [4.78, 5) is 12.3. The summed E-state index contributed by atoms with van der Waals surface area (Å²) in [6, 6.07) is 11.5. The Morgan fingerprint density at radius 3 is 2.29 bits per heavy atom. The lowest BCUT2D eigenvalue weighted by atomic mass is 9.96. The Hall–Kier alpha value is -2.69. The summed E-state index contributed by atoms with van der Waals surface area (Å²) in [6.07, 6.45) is 13.1. The molecule has 0 saturated carbocycles. The first-order valence-corrected chi connectivity index (χ1v) is 12.9. The van der Waals surface area contributed by atoms with E-state index in [-0.39, 0.29) is 12.1 Å². The quantitative estimate of drug-likeness (QED) is 0.162. The van der Waals surface area contributed by atoms with E-state index in [1.54, 1.807) is 14.2 Å². The molecule has 0 N–H and O–H groups in total. The van der Waals surface area contributed by atoms with E-state index < -0.39 is 0 Å². The van der Waals surface area contributed by atoms with Gasteiger partial charge in [0.25, 0.3) is 0 Å². The minimum Gasteiger partial charge on any atom is -0.497 e. The van der Waals surface area contributed by atoms with E-state index in [1.165, 1.54) is 44.9 Å². The van der Waals surface area contributed by atoms with Gasteiger partial charge in [-0.1, -0.05) is 64.4 Å². The molecule has 1 aliphatic heterocycles. The first kappa shape index (κ1) is 25.9. The molecule has 0 spiro atoms. The number of methoxy groups -OCH3 is 2. The van der Waals surface area contributed by atoms with Crippen molar-refractivity contribution in [2.24, 2.45) is 0 Å². The molecule has 2 aromatic carbocycles. The standard InChI is InChI=1S/C29H40O5/c1-4-5-6-7-8-9-10-11-12-13-29(30)33-24-16-14-22-15-19-26(34-27(22)21-24)25-18-17-23(31-2)20-28(25)32-3/h14,16-18,20-21,26H,4-13,15,19H2,1-3H3. The number of rotatable bonds is 14. The summed E-state index contributed by atoms with van der Waals surface area (Å²) in [5.74, 6) is 2.63. The lowest BCUT2D eigenvalue weighted by molar-refractivity contribution is -0.134. The lowest BCUT2D eigenvalue weighted by Crippen LogP contribution is -2.16. The zero-order valence-electron chi connectivity index (χ0n) is 21.1. The van der Waals surface area contributed by atoms with Gasteiger partial charge >= 0.3 is 5.97 Å². The zero-order chi connectivity index (χ0) is 24.2. The van der Waals surface area contributed by atoms with Crippen molar-refractivity contribution in [3.8, 4) is 23.0 Å². The number of hydrogen-bond acceptors (Lipinski definition) is 5. The van der Waals surface area contributed by atoms with Crippen LogP contribution in [0, 0.1) is 0 Å². The Morgan fingerprint density at radius 2 is 1.59 bits per heavy atom. The average Bonchev–Trinajstić information content (AvgIpc) is 2.86. The Morgan fingerprint density at radius 1 is 0.882 bits per heavy atom. The van der Waals surface area contributed by atoms with Gasteiger partial charge < -0.3 is 18.9 Å². The van der Waals surface area contributed by atoms with Crippen LogP contribution in [0.5, 0.6) is 23.0 Å². The topological polar surface area (TPSA) is 54.0 Å². The van der Waals surface area contributed by atoms with Crippen LogP contribution in [0.3, 0.4) is 0 Å². The second-order valence-electron chi connectivity index (χ2n) is 9.08. The van der Waals surface area contributed by atoms with E-state index in [0.29, 0.717) is 12.2 Å². The summed E-state index contributed by atoms with van der Waals surface area (Å²) in [5, 5.41) is 0. The number of esters is 1. The molecule has 1 aliphatic rings. The third-order valence-corrected chi connectivity index (χ3v) is 6.49. The van der Waals surface area contributed by atoms with Gasteiger partial charge in [0.2, 0.25) is 0 Å². The van der Waals surface area contributed by atoms with Gasteiger partial charge in [-0.15, -0.1) is 0 Å². The van der Waals surface area contributed by atoms with Crippen molar-refractivity contribution < 1.29 is 23.7 Å². The minimum absolute atomic E-state index is 0.124. The van der Waals surface area contributed by atoms with Crippen LogP contribution in [0.4, 0.5) is 0 Å². The van der Waals surface area contributed by atoms with Crippen molar-refractivity contribution in [1.82, 2.24) is 0 Å². The molecule has 0 amide bonds. The molecule has 5 heteroatoms. The van der Waals surface area contributed by atoms with Crippen LogP contribution in [-0.2, 0) is 11.2 Å². The molecule has 0 aromatic heterocycles. The smallest absolute Gasteiger partial charge is 0.311 e. The summed E-state index contributed by atoms with van der Waals surface area (Å²) < 4.78 is 22.8. The van der Waals surface area contributed by atoms with Crippen LogP contribution in [0.2, 0.25) is 0 Å². The molecule has 0 saturated heterocycles. The van der Waals surface area contributed by atoms with E-state index in [0.717, 1.165) is 54.1 Å². The maximum atomic E-state index is 12.3. The minimum atomic E-state index is -0.174. The van der Waals surface area contributed by atoms with Crippen molar-refractivity contribution in [3.05, 3.63) is 47.5 Å². The maximum Gasteiger partial charge on any atom is 0.311 e. The van der Waals surface area contributed by atoms with E-state index in [2.05, 4.69) is 6.92 Å². The number of carbonyl (C=O) groups is 1. The second kappa shape index (κ2) is 13.9. The second-order valence-corrected chi connectivity index (χ2v) is 9.08. The normalized spacial score (nSPS) is 14.7. The van der Waals surface area contributed by atoms with Crippen molar-refractivity contribution in [2.45, 2.75) is 90.1 Å². The van der Waals surface area contributed by atoms with Gasteiger partial charge in [0, 0.05) is 24.1 Å². The van der Waals surface area contributed by atoms with E-state index in [9.17, 15) is 4.79 Å². The molecular formula is C29H40O5. The SMILES string of the molecule is CCCCCCCCCCCC(=O)Oc1ccc2c(c1)OC(c1ccc(OC)cc1OC)CC2. The summed E-state index contributed by atoms with van der Waals surface area (Å²) in [7, 11) is 3.29. The zero-order valence-corrected chi connectivity index (χ0v) is 21.1. The predicted octanol–water partition coefficient (Wildman–Crippen LogP) is 7.60. The van der Waals surface area contributed by atoms with Crippen LogP contribution in [0.25, 0.3) is 0 Å².